The van der Waals surface area contributed by atoms with Crippen molar-refractivity contribution in [3.63, 3.8) is 0 Å². The third kappa shape index (κ3) is 9.97. The van der Waals surface area contributed by atoms with Crippen molar-refractivity contribution in [3.8, 4) is 23.0 Å². The Balaban J connectivity index is 1.04. The highest BCUT2D eigenvalue weighted by atomic mass is 32.2. The van der Waals surface area contributed by atoms with E-state index >= 15 is 0 Å². The summed E-state index contributed by atoms with van der Waals surface area (Å²) in [6, 6.07) is 18.6. The van der Waals surface area contributed by atoms with Gasteiger partial charge >= 0.3 is 32.3 Å². The van der Waals surface area contributed by atoms with Crippen molar-refractivity contribution in [2.24, 2.45) is 0 Å². The van der Waals surface area contributed by atoms with Gasteiger partial charge < -0.3 is 43.2 Å². The standard InChI is InChI=1S/C34H34N8O11S2/c1-49-17-15-35-33(43)41-31-37-27-13-7-23(19-29(27)39-31)52-54(45,46)25-9-3-21(4-10-25)51-22-5-11-26(12-6-22)55(47,48)53-24-8-14-28-30(20-24)40-32(38-28)42-34(44)36-16-18-50-2/h3-14,19-20H,15-18H2,1-2H3,(H3,35,37,39,41,43)(H3,36,38,40,42,44). The number of H-pyrrole nitrogens is 2. The van der Waals surface area contributed by atoms with Crippen LogP contribution in [-0.2, 0) is 29.7 Å². The highest BCUT2D eigenvalue weighted by Crippen LogP contribution is 2.29. The highest BCUT2D eigenvalue weighted by molar-refractivity contribution is 7.87. The molecule has 4 aromatic carbocycles. The summed E-state index contributed by atoms with van der Waals surface area (Å²) in [5.74, 6) is 0.863. The quantitative estimate of drug-likeness (QED) is 0.0591. The first kappa shape index (κ1) is 38.3. The molecular weight excluding hydrogens is 761 g/mol. The van der Waals surface area contributed by atoms with Crippen molar-refractivity contribution < 1.29 is 49.0 Å². The van der Waals surface area contributed by atoms with Crippen LogP contribution in [0.4, 0.5) is 21.5 Å². The Morgan fingerprint density at radius 1 is 0.582 bits per heavy atom. The molecule has 2 aromatic heterocycles. The molecule has 21 heteroatoms. The molecule has 55 heavy (non-hydrogen) atoms. The fourth-order valence-corrected chi connectivity index (χ4v) is 6.72. The minimum Gasteiger partial charge on any atom is -0.457 e. The number of hydrogen-bond acceptors (Lipinski definition) is 13. The van der Waals surface area contributed by atoms with E-state index in [-0.39, 0.29) is 44.7 Å². The zero-order valence-corrected chi connectivity index (χ0v) is 30.7. The Hall–Kier alpha value is -6.42. The molecule has 2 heterocycles. The number of amides is 4. The molecule has 0 atom stereocenters. The Bertz CT molecular complexity index is 2350. The molecule has 0 aliphatic carbocycles. The van der Waals surface area contributed by atoms with Gasteiger partial charge in [0.1, 0.15) is 32.8 Å². The first-order valence-electron chi connectivity index (χ1n) is 16.2. The van der Waals surface area contributed by atoms with E-state index in [9.17, 15) is 26.4 Å². The van der Waals surface area contributed by atoms with Crippen LogP contribution in [0.3, 0.4) is 0 Å². The number of carbonyl (C=O) groups is 2. The fourth-order valence-electron chi connectivity index (χ4n) is 4.87. The number of aromatic amines is 2. The molecule has 0 fully saturated rings. The minimum absolute atomic E-state index is 0.00962. The van der Waals surface area contributed by atoms with Gasteiger partial charge in [-0.05, 0) is 72.8 Å². The van der Waals surface area contributed by atoms with Gasteiger partial charge in [-0.25, -0.2) is 19.6 Å². The molecule has 6 aromatic rings. The van der Waals surface area contributed by atoms with Crippen molar-refractivity contribution >= 4 is 66.3 Å². The normalized spacial score (nSPS) is 11.6. The number of methoxy groups -OCH3 is 2. The van der Waals surface area contributed by atoms with Crippen LogP contribution in [0.25, 0.3) is 22.1 Å². The summed E-state index contributed by atoms with van der Waals surface area (Å²) < 4.78 is 78.3. The monoisotopic (exact) mass is 794 g/mol. The second-order valence-corrected chi connectivity index (χ2v) is 14.5. The molecule has 288 valence electrons. The Kier molecular flexibility index (Phi) is 11.6. The molecule has 0 saturated heterocycles. The van der Waals surface area contributed by atoms with Crippen LogP contribution in [0.5, 0.6) is 23.0 Å². The van der Waals surface area contributed by atoms with Crippen LogP contribution < -0.4 is 34.4 Å². The molecule has 0 aliphatic heterocycles. The molecule has 4 amide bonds. The van der Waals surface area contributed by atoms with Crippen LogP contribution in [0, 0.1) is 0 Å². The van der Waals surface area contributed by atoms with Crippen LogP contribution in [0.1, 0.15) is 0 Å². The topological polar surface area (TPSA) is 254 Å². The zero-order chi connectivity index (χ0) is 39.0. The highest BCUT2D eigenvalue weighted by Gasteiger charge is 2.20. The molecular formula is C34H34N8O11S2. The first-order chi connectivity index (χ1) is 26.4. The predicted molar refractivity (Wildman–Crippen MR) is 199 cm³/mol. The van der Waals surface area contributed by atoms with E-state index in [4.69, 9.17) is 22.6 Å². The second kappa shape index (κ2) is 16.7. The summed E-state index contributed by atoms with van der Waals surface area (Å²) >= 11 is 0. The number of hydrogen-bond donors (Lipinski definition) is 6. The number of carbonyl (C=O) groups excluding carboxylic acids is 2. The fraction of sp³-hybridized carbons (Fsp3) is 0.176. The van der Waals surface area contributed by atoms with Crippen molar-refractivity contribution in [2.75, 3.05) is 51.2 Å². The van der Waals surface area contributed by atoms with E-state index in [1.54, 1.807) is 0 Å². The van der Waals surface area contributed by atoms with Crippen LogP contribution in [0.2, 0.25) is 0 Å². The average molecular weight is 795 g/mol. The molecule has 0 unspecified atom stereocenters. The molecule has 0 spiro atoms. The summed E-state index contributed by atoms with van der Waals surface area (Å²) in [5, 5.41) is 10.3. The summed E-state index contributed by atoms with van der Waals surface area (Å²) in [6.07, 6.45) is 0. The van der Waals surface area contributed by atoms with E-state index in [0.717, 1.165) is 0 Å². The lowest BCUT2D eigenvalue weighted by Gasteiger charge is -2.10. The number of rotatable bonds is 16. The van der Waals surface area contributed by atoms with Gasteiger partial charge in [-0.3, -0.25) is 10.6 Å². The van der Waals surface area contributed by atoms with E-state index in [0.29, 0.717) is 48.4 Å². The van der Waals surface area contributed by atoms with Gasteiger partial charge in [0.05, 0.1) is 35.3 Å². The van der Waals surface area contributed by atoms with E-state index in [2.05, 4.69) is 41.2 Å². The molecule has 0 bridgehead atoms. The number of urea groups is 2. The zero-order valence-electron chi connectivity index (χ0n) is 29.1. The van der Waals surface area contributed by atoms with Gasteiger partial charge in [0.2, 0.25) is 11.9 Å². The van der Waals surface area contributed by atoms with Crippen LogP contribution in [-0.4, -0.2) is 89.4 Å². The predicted octanol–water partition coefficient (Wildman–Crippen LogP) is 4.30. The van der Waals surface area contributed by atoms with Crippen LogP contribution in [0.15, 0.2) is 94.7 Å². The molecule has 19 nitrogen and oxygen atoms in total. The number of nitrogens with one attached hydrogen (secondary N) is 6. The Labute approximate surface area is 314 Å². The van der Waals surface area contributed by atoms with Gasteiger partial charge in [0.25, 0.3) is 0 Å². The number of aromatic nitrogens is 4. The SMILES string of the molecule is COCCNC(=O)Nc1nc2ccc(OS(=O)(=O)c3ccc(Oc4ccc(S(=O)(=O)Oc5ccc6nc(NC(=O)NCCOC)[nH]c6c5)cc4)cc3)cc2[nH]1. The second-order valence-electron chi connectivity index (χ2n) is 11.4. The number of benzene rings is 4. The lowest BCUT2D eigenvalue weighted by Crippen LogP contribution is -2.31. The van der Waals surface area contributed by atoms with Gasteiger partial charge in [-0.2, -0.15) is 16.8 Å². The number of ether oxygens (including phenoxy) is 3. The summed E-state index contributed by atoms with van der Waals surface area (Å²) in [6.45, 7) is 1.29. The Morgan fingerprint density at radius 3 is 1.35 bits per heavy atom. The van der Waals surface area contributed by atoms with Gasteiger partial charge in [0, 0.05) is 39.4 Å². The summed E-state index contributed by atoms with van der Waals surface area (Å²) in [4.78, 5) is 38.0. The largest absolute Gasteiger partial charge is 0.457 e. The van der Waals surface area contributed by atoms with Crippen LogP contribution >= 0.6 is 0 Å². The van der Waals surface area contributed by atoms with E-state index < -0.39 is 32.3 Å². The summed E-state index contributed by atoms with van der Waals surface area (Å²) in [7, 11) is -5.48. The maximum atomic E-state index is 13.0. The maximum Gasteiger partial charge on any atom is 0.339 e. The molecule has 6 N–H and O–H groups in total. The average Bonchev–Trinajstić information content (AvgIpc) is 3.74. The number of nitrogens with zero attached hydrogens (tertiary/aromatic N) is 2. The first-order valence-corrected chi connectivity index (χ1v) is 19.1. The molecule has 0 aliphatic rings. The van der Waals surface area contributed by atoms with Crippen molar-refractivity contribution in [3.05, 3.63) is 84.9 Å². The number of fused-ring (bicyclic) bond motifs is 2. The number of anilines is 2. The molecule has 0 radical (unpaired) electrons. The maximum absolute atomic E-state index is 13.0. The Morgan fingerprint density at radius 2 is 0.964 bits per heavy atom. The minimum atomic E-state index is -4.26. The third-order valence-corrected chi connectivity index (χ3v) is 9.95. The lowest BCUT2D eigenvalue weighted by molar-refractivity contribution is 0.198. The van der Waals surface area contributed by atoms with Crippen molar-refractivity contribution in [1.82, 2.24) is 30.6 Å². The molecule has 0 saturated carbocycles. The molecule has 6 rings (SSSR count). The van der Waals surface area contributed by atoms with E-state index in [1.807, 2.05) is 0 Å². The smallest absolute Gasteiger partial charge is 0.339 e. The lowest BCUT2D eigenvalue weighted by atomic mass is 10.3. The van der Waals surface area contributed by atoms with Crippen molar-refractivity contribution in [2.45, 2.75) is 9.79 Å². The van der Waals surface area contributed by atoms with Gasteiger partial charge in [-0.15, -0.1) is 0 Å². The van der Waals surface area contributed by atoms with Crippen molar-refractivity contribution in [1.29, 1.82) is 0 Å². The number of imidazole rings is 2. The van der Waals surface area contributed by atoms with E-state index in [1.165, 1.54) is 99.1 Å². The third-order valence-electron chi connectivity index (χ3n) is 7.43. The van der Waals surface area contributed by atoms with Gasteiger partial charge in [0.15, 0.2) is 0 Å². The van der Waals surface area contributed by atoms with Gasteiger partial charge in [-0.1, -0.05) is 0 Å². The summed E-state index contributed by atoms with van der Waals surface area (Å²) in [5.41, 5.74) is 1.79.